The van der Waals surface area contributed by atoms with Crippen molar-refractivity contribution in [2.45, 2.75) is 12.8 Å². The molecular weight excluding hydrogens is 338 g/mol. The third kappa shape index (κ3) is 2.66. The highest BCUT2D eigenvalue weighted by Gasteiger charge is 2.28. The Morgan fingerprint density at radius 1 is 1.12 bits per heavy atom. The number of halogens is 1. The molecule has 5 nitrogen and oxygen atoms in total. The number of fused-ring (bicyclic) bond motifs is 1. The van der Waals surface area contributed by atoms with Crippen LogP contribution in [0.1, 0.15) is 11.3 Å². The van der Waals surface area contributed by atoms with Crippen molar-refractivity contribution in [2.24, 2.45) is 5.16 Å². The molecule has 0 amide bonds. The van der Waals surface area contributed by atoms with Gasteiger partial charge in [0, 0.05) is 29.0 Å². The Hall–Kier alpha value is -2.79. The number of aromatic nitrogens is 2. The molecule has 2 aromatic carbocycles. The first-order chi connectivity index (χ1) is 12.2. The van der Waals surface area contributed by atoms with Gasteiger partial charge in [0.2, 0.25) is 0 Å². The molecule has 0 fully saturated rings. The highest BCUT2D eigenvalue weighted by atomic mass is 35.5. The van der Waals surface area contributed by atoms with E-state index in [2.05, 4.69) is 5.16 Å². The van der Waals surface area contributed by atoms with Crippen molar-refractivity contribution >= 4 is 17.3 Å². The monoisotopic (exact) mass is 353 g/mol. The maximum atomic E-state index is 9.14. The van der Waals surface area contributed by atoms with Gasteiger partial charge in [-0.1, -0.05) is 41.0 Å². The van der Waals surface area contributed by atoms with Crippen molar-refractivity contribution in [1.29, 1.82) is 0 Å². The van der Waals surface area contributed by atoms with Gasteiger partial charge in [-0.05, 0) is 24.3 Å². The van der Waals surface area contributed by atoms with E-state index in [0.29, 0.717) is 17.9 Å². The number of rotatable bonds is 3. The van der Waals surface area contributed by atoms with Crippen LogP contribution in [-0.4, -0.2) is 27.8 Å². The fourth-order valence-electron chi connectivity index (χ4n) is 3.24. The average Bonchev–Trinajstić information content (AvgIpc) is 3.20. The maximum Gasteiger partial charge on any atom is 0.144 e. The highest BCUT2D eigenvalue weighted by Crippen LogP contribution is 2.36. The summed E-state index contributed by atoms with van der Waals surface area (Å²) in [6.45, 7) is 0. The lowest BCUT2D eigenvalue weighted by molar-refractivity contribution is 0.317. The summed E-state index contributed by atoms with van der Waals surface area (Å²) in [5.74, 6) is 0.745. The van der Waals surface area contributed by atoms with Crippen LogP contribution in [0.2, 0.25) is 5.02 Å². The minimum absolute atomic E-state index is 0.550. The number of benzene rings is 2. The zero-order valence-corrected chi connectivity index (χ0v) is 14.4. The van der Waals surface area contributed by atoms with Gasteiger partial charge in [-0.15, -0.1) is 0 Å². The lowest BCUT2D eigenvalue weighted by Crippen LogP contribution is -2.06. The van der Waals surface area contributed by atoms with Crippen LogP contribution in [0.3, 0.4) is 0 Å². The second-order valence-corrected chi connectivity index (χ2v) is 6.32. The Bertz CT molecular complexity index is 961. The smallest absolute Gasteiger partial charge is 0.144 e. The number of ether oxygens (including phenoxy) is 1. The topological polar surface area (TPSA) is 59.6 Å². The largest absolute Gasteiger partial charge is 0.494 e. The van der Waals surface area contributed by atoms with Crippen LogP contribution < -0.4 is 4.74 Å². The lowest BCUT2D eigenvalue weighted by Gasteiger charge is -2.13. The van der Waals surface area contributed by atoms with Gasteiger partial charge in [-0.2, -0.15) is 5.10 Å². The molecule has 0 unspecified atom stereocenters. The van der Waals surface area contributed by atoms with Crippen molar-refractivity contribution in [1.82, 2.24) is 9.78 Å². The van der Waals surface area contributed by atoms with E-state index in [9.17, 15) is 0 Å². The molecule has 1 aromatic heterocycles. The molecule has 0 saturated heterocycles. The number of nitrogens with zero attached hydrogens (tertiary/aromatic N) is 3. The number of oxime groups is 1. The van der Waals surface area contributed by atoms with Gasteiger partial charge in [-0.3, -0.25) is 0 Å². The van der Waals surface area contributed by atoms with Gasteiger partial charge in [0.25, 0.3) is 0 Å². The fourth-order valence-corrected chi connectivity index (χ4v) is 3.36. The fraction of sp³-hybridized carbons (Fsp3) is 0.158. The molecule has 1 N–H and O–H groups in total. The first-order valence-corrected chi connectivity index (χ1v) is 8.29. The van der Waals surface area contributed by atoms with Crippen LogP contribution in [0.4, 0.5) is 0 Å². The van der Waals surface area contributed by atoms with Crippen LogP contribution in [0.25, 0.3) is 16.9 Å². The molecule has 126 valence electrons. The molecule has 1 heterocycles. The molecule has 0 saturated carbocycles. The van der Waals surface area contributed by atoms with Gasteiger partial charge in [0.1, 0.15) is 11.4 Å². The molecule has 6 heteroatoms. The van der Waals surface area contributed by atoms with Crippen molar-refractivity contribution in [3.8, 4) is 22.7 Å². The van der Waals surface area contributed by atoms with Crippen molar-refractivity contribution in [3.05, 3.63) is 64.8 Å². The van der Waals surface area contributed by atoms with Gasteiger partial charge in [-0.25, -0.2) is 4.68 Å². The Balaban J connectivity index is 1.95. The summed E-state index contributed by atoms with van der Waals surface area (Å²) in [6.07, 6.45) is 1.13. The first kappa shape index (κ1) is 15.7. The molecule has 25 heavy (non-hydrogen) atoms. The van der Waals surface area contributed by atoms with Crippen LogP contribution in [0, 0.1) is 0 Å². The van der Waals surface area contributed by atoms with Crippen LogP contribution in [0.15, 0.2) is 53.7 Å². The summed E-state index contributed by atoms with van der Waals surface area (Å²) < 4.78 is 7.41. The summed E-state index contributed by atoms with van der Waals surface area (Å²) in [4.78, 5) is 0. The molecular formula is C19H16ClN3O2. The zero-order chi connectivity index (χ0) is 17.4. The van der Waals surface area contributed by atoms with Crippen molar-refractivity contribution in [2.75, 3.05) is 7.11 Å². The zero-order valence-electron chi connectivity index (χ0n) is 13.6. The Morgan fingerprint density at radius 3 is 2.60 bits per heavy atom. The SMILES string of the molecule is COc1ccccc1-n1nc2c(c1-c1ccc(Cl)cc1)C/C(=N/O)C2. The summed E-state index contributed by atoms with van der Waals surface area (Å²) in [7, 11) is 1.65. The number of hydrogen-bond donors (Lipinski definition) is 1. The molecule has 0 radical (unpaired) electrons. The van der Waals surface area contributed by atoms with Crippen molar-refractivity contribution < 1.29 is 9.94 Å². The van der Waals surface area contributed by atoms with Crippen LogP contribution >= 0.6 is 11.6 Å². The van der Waals surface area contributed by atoms with E-state index in [1.165, 1.54) is 0 Å². The van der Waals surface area contributed by atoms with E-state index in [-0.39, 0.29) is 0 Å². The van der Waals surface area contributed by atoms with E-state index in [4.69, 9.17) is 26.6 Å². The Kier molecular flexibility index (Phi) is 3.93. The summed E-state index contributed by atoms with van der Waals surface area (Å²) in [6, 6.07) is 15.4. The second kappa shape index (κ2) is 6.26. The minimum atomic E-state index is 0.550. The van der Waals surface area contributed by atoms with E-state index in [1.54, 1.807) is 7.11 Å². The normalized spacial score (nSPS) is 14.7. The highest BCUT2D eigenvalue weighted by molar-refractivity contribution is 6.30. The van der Waals surface area contributed by atoms with Crippen molar-refractivity contribution in [3.63, 3.8) is 0 Å². The van der Waals surface area contributed by atoms with Gasteiger partial charge < -0.3 is 9.94 Å². The predicted octanol–water partition coefficient (Wildman–Crippen LogP) is 4.13. The third-order valence-corrected chi connectivity index (χ3v) is 4.64. The number of methoxy groups -OCH3 is 1. The third-order valence-electron chi connectivity index (χ3n) is 4.39. The number of para-hydroxylation sites is 2. The van der Waals surface area contributed by atoms with Crippen LogP contribution in [0.5, 0.6) is 5.75 Å². The van der Waals surface area contributed by atoms with E-state index < -0.39 is 0 Å². The Morgan fingerprint density at radius 2 is 1.88 bits per heavy atom. The Labute approximate surface area is 150 Å². The predicted molar refractivity (Wildman–Crippen MR) is 97.2 cm³/mol. The summed E-state index contributed by atoms with van der Waals surface area (Å²) in [5.41, 5.74) is 5.55. The standard InChI is InChI=1S/C19H16ClN3O2/c1-25-18-5-3-2-4-17(18)23-19(12-6-8-13(20)9-7-12)15-10-14(22-24)11-16(15)21-23/h2-9,24H,10-11H2,1H3/b22-14-. The molecule has 3 aromatic rings. The van der Waals surface area contributed by atoms with Crippen LogP contribution in [-0.2, 0) is 12.8 Å². The molecule has 4 rings (SSSR count). The molecule has 0 spiro atoms. The molecule has 1 aliphatic carbocycles. The molecule has 0 aliphatic heterocycles. The lowest BCUT2D eigenvalue weighted by atomic mass is 10.1. The van der Waals surface area contributed by atoms with E-state index in [0.717, 1.165) is 39.7 Å². The van der Waals surface area contributed by atoms with Gasteiger partial charge in [0.05, 0.1) is 24.2 Å². The van der Waals surface area contributed by atoms with E-state index >= 15 is 0 Å². The van der Waals surface area contributed by atoms with Gasteiger partial charge in [0.15, 0.2) is 0 Å². The average molecular weight is 354 g/mol. The number of hydrogen-bond acceptors (Lipinski definition) is 4. The molecule has 0 bridgehead atoms. The summed E-state index contributed by atoms with van der Waals surface area (Å²) >= 11 is 6.05. The van der Waals surface area contributed by atoms with E-state index in [1.807, 2.05) is 53.2 Å². The molecule has 1 aliphatic rings. The quantitative estimate of drug-likeness (QED) is 0.569. The first-order valence-electron chi connectivity index (χ1n) is 7.91. The minimum Gasteiger partial charge on any atom is -0.494 e. The summed E-state index contributed by atoms with van der Waals surface area (Å²) in [5, 5.41) is 18.0. The maximum absolute atomic E-state index is 9.14. The van der Waals surface area contributed by atoms with Gasteiger partial charge >= 0.3 is 0 Å². The molecule has 0 atom stereocenters. The second-order valence-electron chi connectivity index (χ2n) is 5.88.